The van der Waals surface area contributed by atoms with Crippen LogP contribution in [0.2, 0.25) is 0 Å². The second-order valence-corrected chi connectivity index (χ2v) is 4.24. The molecule has 2 unspecified atom stereocenters. The summed E-state index contributed by atoms with van der Waals surface area (Å²) in [7, 11) is 0. The third-order valence-corrected chi connectivity index (χ3v) is 3.06. The largest absolute Gasteiger partial charge is 0.353 e. The minimum atomic E-state index is -0.149. The highest BCUT2D eigenvalue weighted by Crippen LogP contribution is 2.21. The number of nitrogens with one attached hydrogen (secondary N) is 2. The van der Waals surface area contributed by atoms with Gasteiger partial charge in [-0.15, -0.1) is 11.3 Å². The van der Waals surface area contributed by atoms with Gasteiger partial charge in [0.2, 0.25) is 5.91 Å². The van der Waals surface area contributed by atoms with Crippen molar-refractivity contribution in [1.29, 1.82) is 0 Å². The molecule has 0 aromatic carbocycles. The van der Waals surface area contributed by atoms with Crippen molar-refractivity contribution in [3.8, 4) is 0 Å². The Bertz CT molecular complexity index is 297. The minimum absolute atomic E-state index is 0.0838. The van der Waals surface area contributed by atoms with Crippen LogP contribution in [0, 0.1) is 0 Å². The SMILES string of the molecule is CC1CNC(=O)C(c2cccs2)N1. The van der Waals surface area contributed by atoms with Crippen molar-refractivity contribution in [2.75, 3.05) is 6.54 Å². The second-order valence-electron chi connectivity index (χ2n) is 3.26. The summed E-state index contributed by atoms with van der Waals surface area (Å²) in [6.07, 6.45) is 0. The molecule has 1 aromatic heterocycles. The Morgan fingerprint density at radius 2 is 2.46 bits per heavy atom. The van der Waals surface area contributed by atoms with Crippen LogP contribution in [0.4, 0.5) is 0 Å². The van der Waals surface area contributed by atoms with Crippen LogP contribution in [0.15, 0.2) is 17.5 Å². The maximum atomic E-state index is 11.5. The lowest BCUT2D eigenvalue weighted by Gasteiger charge is -2.27. The summed E-state index contributed by atoms with van der Waals surface area (Å²) in [5.41, 5.74) is 0. The van der Waals surface area contributed by atoms with Gasteiger partial charge in [-0.05, 0) is 18.4 Å². The molecule has 1 fully saturated rings. The van der Waals surface area contributed by atoms with E-state index >= 15 is 0 Å². The van der Waals surface area contributed by atoms with E-state index in [1.807, 2.05) is 17.5 Å². The number of hydrogen-bond donors (Lipinski definition) is 2. The van der Waals surface area contributed by atoms with Crippen LogP contribution >= 0.6 is 11.3 Å². The van der Waals surface area contributed by atoms with Crippen molar-refractivity contribution < 1.29 is 4.79 Å². The minimum Gasteiger partial charge on any atom is -0.353 e. The fourth-order valence-electron chi connectivity index (χ4n) is 1.44. The van der Waals surface area contributed by atoms with Gasteiger partial charge in [0.25, 0.3) is 0 Å². The van der Waals surface area contributed by atoms with E-state index in [0.717, 1.165) is 11.4 Å². The summed E-state index contributed by atoms with van der Waals surface area (Å²) < 4.78 is 0. The van der Waals surface area contributed by atoms with Crippen molar-refractivity contribution in [1.82, 2.24) is 10.6 Å². The molecule has 0 radical (unpaired) electrons. The smallest absolute Gasteiger partial charge is 0.242 e. The monoisotopic (exact) mass is 196 g/mol. The number of amides is 1. The molecule has 1 aromatic rings. The molecule has 0 saturated carbocycles. The van der Waals surface area contributed by atoms with Crippen molar-refractivity contribution in [2.45, 2.75) is 19.0 Å². The molecule has 0 spiro atoms. The van der Waals surface area contributed by atoms with E-state index in [9.17, 15) is 4.79 Å². The van der Waals surface area contributed by atoms with Crippen LogP contribution in [-0.4, -0.2) is 18.5 Å². The Balaban J connectivity index is 2.17. The quantitative estimate of drug-likeness (QED) is 0.700. The van der Waals surface area contributed by atoms with Crippen LogP contribution in [0.25, 0.3) is 0 Å². The predicted octanol–water partition coefficient (Wildman–Crippen LogP) is 0.897. The zero-order chi connectivity index (χ0) is 9.26. The summed E-state index contributed by atoms with van der Waals surface area (Å²) in [5.74, 6) is 0.0838. The van der Waals surface area contributed by atoms with Crippen LogP contribution in [0.1, 0.15) is 17.8 Å². The highest BCUT2D eigenvalue weighted by molar-refractivity contribution is 7.10. The Hall–Kier alpha value is -0.870. The number of thiophene rings is 1. The second kappa shape index (κ2) is 3.47. The van der Waals surface area contributed by atoms with Crippen molar-refractivity contribution in [3.05, 3.63) is 22.4 Å². The van der Waals surface area contributed by atoms with E-state index in [4.69, 9.17) is 0 Å². The van der Waals surface area contributed by atoms with Crippen LogP contribution in [0.5, 0.6) is 0 Å². The number of rotatable bonds is 1. The van der Waals surface area contributed by atoms with Crippen LogP contribution in [-0.2, 0) is 4.79 Å². The summed E-state index contributed by atoms with van der Waals surface area (Å²) in [6.45, 7) is 2.79. The first-order valence-corrected chi connectivity index (χ1v) is 5.22. The number of piperazine rings is 1. The molecule has 2 rings (SSSR count). The topological polar surface area (TPSA) is 41.1 Å². The molecule has 1 aliphatic heterocycles. The molecule has 2 N–H and O–H groups in total. The Kier molecular flexibility index (Phi) is 2.33. The predicted molar refractivity (Wildman–Crippen MR) is 52.7 cm³/mol. The molecule has 3 nitrogen and oxygen atoms in total. The fourth-order valence-corrected chi connectivity index (χ4v) is 2.22. The zero-order valence-corrected chi connectivity index (χ0v) is 8.23. The zero-order valence-electron chi connectivity index (χ0n) is 7.41. The molecular formula is C9H12N2OS. The van der Waals surface area contributed by atoms with Gasteiger partial charge in [-0.3, -0.25) is 10.1 Å². The lowest BCUT2D eigenvalue weighted by atomic mass is 10.1. The summed E-state index contributed by atoms with van der Waals surface area (Å²) in [6, 6.07) is 4.15. The van der Waals surface area contributed by atoms with Gasteiger partial charge in [0.15, 0.2) is 0 Å². The Morgan fingerprint density at radius 3 is 3.15 bits per heavy atom. The highest BCUT2D eigenvalue weighted by atomic mass is 32.1. The van der Waals surface area contributed by atoms with E-state index in [0.29, 0.717) is 6.04 Å². The maximum absolute atomic E-state index is 11.5. The maximum Gasteiger partial charge on any atom is 0.242 e. The van der Waals surface area contributed by atoms with Crippen LogP contribution < -0.4 is 10.6 Å². The van der Waals surface area contributed by atoms with E-state index in [2.05, 4.69) is 17.6 Å². The molecule has 0 aliphatic carbocycles. The third-order valence-electron chi connectivity index (χ3n) is 2.12. The van der Waals surface area contributed by atoms with Crippen LogP contribution in [0.3, 0.4) is 0 Å². The van der Waals surface area contributed by atoms with Gasteiger partial charge in [-0.1, -0.05) is 6.07 Å². The molecule has 1 saturated heterocycles. The fraction of sp³-hybridized carbons (Fsp3) is 0.444. The van der Waals surface area contributed by atoms with Gasteiger partial charge in [-0.25, -0.2) is 0 Å². The van der Waals surface area contributed by atoms with Gasteiger partial charge in [-0.2, -0.15) is 0 Å². The molecule has 2 heterocycles. The molecule has 0 bridgehead atoms. The van der Waals surface area contributed by atoms with Gasteiger partial charge >= 0.3 is 0 Å². The van der Waals surface area contributed by atoms with E-state index in [1.165, 1.54) is 0 Å². The first-order chi connectivity index (χ1) is 6.27. The first kappa shape index (κ1) is 8.72. The number of hydrogen-bond acceptors (Lipinski definition) is 3. The highest BCUT2D eigenvalue weighted by Gasteiger charge is 2.27. The lowest BCUT2D eigenvalue weighted by Crippen LogP contribution is -2.52. The van der Waals surface area contributed by atoms with Crippen molar-refractivity contribution >= 4 is 17.2 Å². The third kappa shape index (κ3) is 1.73. The van der Waals surface area contributed by atoms with E-state index < -0.39 is 0 Å². The van der Waals surface area contributed by atoms with Gasteiger partial charge in [0, 0.05) is 17.5 Å². The van der Waals surface area contributed by atoms with Crippen molar-refractivity contribution in [2.24, 2.45) is 0 Å². The van der Waals surface area contributed by atoms with E-state index in [1.54, 1.807) is 11.3 Å². The number of carbonyl (C=O) groups is 1. The lowest BCUT2D eigenvalue weighted by molar-refractivity contribution is -0.125. The van der Waals surface area contributed by atoms with Crippen molar-refractivity contribution in [3.63, 3.8) is 0 Å². The van der Waals surface area contributed by atoms with E-state index in [-0.39, 0.29) is 11.9 Å². The van der Waals surface area contributed by atoms with Gasteiger partial charge in [0.05, 0.1) is 0 Å². The molecule has 4 heteroatoms. The summed E-state index contributed by atoms with van der Waals surface area (Å²) in [5, 5.41) is 8.13. The average Bonchev–Trinajstić information content (AvgIpc) is 2.61. The normalized spacial score (nSPS) is 28.5. The molecule has 1 amide bonds. The summed E-state index contributed by atoms with van der Waals surface area (Å²) >= 11 is 1.61. The Morgan fingerprint density at radius 1 is 1.62 bits per heavy atom. The van der Waals surface area contributed by atoms with Gasteiger partial charge < -0.3 is 5.32 Å². The molecular weight excluding hydrogens is 184 g/mol. The molecule has 2 atom stereocenters. The molecule has 13 heavy (non-hydrogen) atoms. The average molecular weight is 196 g/mol. The van der Waals surface area contributed by atoms with Gasteiger partial charge in [0.1, 0.15) is 6.04 Å². The number of carbonyl (C=O) groups excluding carboxylic acids is 1. The molecule has 70 valence electrons. The summed E-state index contributed by atoms with van der Waals surface area (Å²) in [4.78, 5) is 12.6. The Labute approximate surface area is 81.2 Å². The molecule has 1 aliphatic rings. The standard InChI is InChI=1S/C9H12N2OS/c1-6-5-10-9(12)8(11-6)7-3-2-4-13-7/h2-4,6,8,11H,5H2,1H3,(H,10,12). The first-order valence-electron chi connectivity index (χ1n) is 4.34.